The Morgan fingerprint density at radius 3 is 3.06 bits per heavy atom. The Kier molecular flexibility index (Phi) is 3.04. The number of hydrogen-bond donors (Lipinski definition) is 2. The van der Waals surface area contributed by atoms with Crippen molar-refractivity contribution in [2.75, 3.05) is 11.1 Å². The van der Waals surface area contributed by atoms with E-state index in [1.807, 2.05) is 6.92 Å². The van der Waals surface area contributed by atoms with E-state index < -0.39 is 0 Å². The molecule has 7 heteroatoms. The van der Waals surface area contributed by atoms with Crippen molar-refractivity contribution in [3.63, 3.8) is 0 Å². The van der Waals surface area contributed by atoms with Gasteiger partial charge in [0.05, 0.1) is 6.33 Å². The van der Waals surface area contributed by atoms with E-state index >= 15 is 0 Å². The number of aromatic amines is 1. The summed E-state index contributed by atoms with van der Waals surface area (Å²) in [6.07, 6.45) is 1.53. The summed E-state index contributed by atoms with van der Waals surface area (Å²) in [4.78, 5) is 26.5. The minimum atomic E-state index is -0.165. The van der Waals surface area contributed by atoms with Crippen LogP contribution in [0.2, 0.25) is 0 Å². The Balaban J connectivity index is 2.49. The summed E-state index contributed by atoms with van der Waals surface area (Å²) in [5.41, 5.74) is 1.21. The van der Waals surface area contributed by atoms with Crippen LogP contribution in [-0.2, 0) is 4.79 Å². The lowest BCUT2D eigenvalue weighted by Gasteiger charge is -2.04. The molecule has 0 radical (unpaired) electrons. The summed E-state index contributed by atoms with van der Waals surface area (Å²) < 4.78 is 0. The molecule has 84 valence electrons. The molecule has 0 aliphatic rings. The number of nitrogens with zero attached hydrogens (tertiary/aromatic N) is 3. The summed E-state index contributed by atoms with van der Waals surface area (Å²) in [7, 11) is 0. The molecule has 0 aliphatic heterocycles. The van der Waals surface area contributed by atoms with Gasteiger partial charge in [-0.2, -0.15) is 0 Å². The molecular formula is C9H11N5OS. The Morgan fingerprint density at radius 2 is 2.38 bits per heavy atom. The molecule has 2 heterocycles. The summed E-state index contributed by atoms with van der Waals surface area (Å²) in [5, 5.41) is 3.27. The van der Waals surface area contributed by atoms with Crippen molar-refractivity contribution in [3.05, 3.63) is 6.33 Å². The van der Waals surface area contributed by atoms with Crippen molar-refractivity contribution in [1.82, 2.24) is 19.9 Å². The summed E-state index contributed by atoms with van der Waals surface area (Å²) in [5.74, 6) is 1.18. The first-order valence-corrected chi connectivity index (χ1v) is 5.80. The van der Waals surface area contributed by atoms with Gasteiger partial charge in [-0.05, 0) is 5.75 Å². The molecule has 0 spiro atoms. The van der Waals surface area contributed by atoms with Gasteiger partial charge < -0.3 is 10.3 Å². The maximum Gasteiger partial charge on any atom is 0.222 e. The van der Waals surface area contributed by atoms with Crippen LogP contribution in [0.1, 0.15) is 13.8 Å². The molecule has 2 rings (SSSR count). The fourth-order valence-corrected chi connectivity index (χ4v) is 1.83. The van der Waals surface area contributed by atoms with Crippen molar-refractivity contribution in [3.8, 4) is 0 Å². The van der Waals surface area contributed by atoms with Gasteiger partial charge in [0.2, 0.25) is 5.91 Å². The molecule has 0 aromatic carbocycles. The minimum absolute atomic E-state index is 0.165. The first-order valence-electron chi connectivity index (χ1n) is 4.82. The summed E-state index contributed by atoms with van der Waals surface area (Å²) >= 11 is 1.51. The van der Waals surface area contributed by atoms with Gasteiger partial charge in [0, 0.05) is 6.92 Å². The topological polar surface area (TPSA) is 83.6 Å². The quantitative estimate of drug-likeness (QED) is 0.623. The molecule has 16 heavy (non-hydrogen) atoms. The monoisotopic (exact) mass is 237 g/mol. The number of aromatic nitrogens is 4. The van der Waals surface area contributed by atoms with Crippen LogP contribution >= 0.6 is 11.8 Å². The highest BCUT2D eigenvalue weighted by Gasteiger charge is 2.10. The maximum atomic E-state index is 11.0. The summed E-state index contributed by atoms with van der Waals surface area (Å²) in [6, 6.07) is 0. The number of amides is 1. The third kappa shape index (κ3) is 2.13. The molecule has 0 unspecified atom stereocenters. The molecule has 0 saturated heterocycles. The molecule has 2 N–H and O–H groups in total. The van der Waals surface area contributed by atoms with E-state index in [1.54, 1.807) is 0 Å². The van der Waals surface area contributed by atoms with Gasteiger partial charge >= 0.3 is 0 Å². The van der Waals surface area contributed by atoms with Gasteiger partial charge in [0.15, 0.2) is 16.6 Å². The highest BCUT2D eigenvalue weighted by Crippen LogP contribution is 2.21. The number of hydrogen-bond acceptors (Lipinski definition) is 5. The number of H-pyrrole nitrogens is 1. The number of nitrogens with one attached hydrogen (secondary N) is 2. The largest absolute Gasteiger partial charge is 0.340 e. The molecule has 6 nitrogen and oxygen atoms in total. The zero-order valence-corrected chi connectivity index (χ0v) is 9.76. The van der Waals surface area contributed by atoms with Crippen LogP contribution < -0.4 is 5.32 Å². The second kappa shape index (κ2) is 4.48. The van der Waals surface area contributed by atoms with Gasteiger partial charge in [-0.15, -0.1) is 0 Å². The number of imidazole rings is 1. The fourth-order valence-electron chi connectivity index (χ4n) is 1.26. The Morgan fingerprint density at radius 1 is 1.56 bits per heavy atom. The van der Waals surface area contributed by atoms with Crippen LogP contribution in [0.5, 0.6) is 0 Å². The normalized spacial score (nSPS) is 10.6. The average Bonchev–Trinajstić information content (AvgIpc) is 2.65. The number of carbonyl (C=O) groups is 1. The summed E-state index contributed by atoms with van der Waals surface area (Å²) in [6.45, 7) is 3.46. The smallest absolute Gasteiger partial charge is 0.222 e. The number of rotatable bonds is 3. The first kappa shape index (κ1) is 10.9. The molecular weight excluding hydrogens is 226 g/mol. The lowest BCUT2D eigenvalue weighted by atomic mass is 10.5. The number of fused-ring (bicyclic) bond motifs is 1. The van der Waals surface area contributed by atoms with Gasteiger partial charge in [0.1, 0.15) is 5.52 Å². The van der Waals surface area contributed by atoms with E-state index in [-0.39, 0.29) is 5.91 Å². The van der Waals surface area contributed by atoms with Crippen molar-refractivity contribution >= 4 is 34.7 Å². The lowest BCUT2D eigenvalue weighted by molar-refractivity contribution is -0.114. The van der Waals surface area contributed by atoms with Crippen molar-refractivity contribution in [1.29, 1.82) is 0 Å². The van der Waals surface area contributed by atoms with Crippen LogP contribution in [0.4, 0.5) is 5.82 Å². The van der Waals surface area contributed by atoms with E-state index in [0.717, 1.165) is 5.75 Å². The second-order valence-corrected chi connectivity index (χ2v) is 4.30. The molecule has 2 aromatic rings. The maximum absolute atomic E-state index is 11.0. The van der Waals surface area contributed by atoms with E-state index in [1.165, 1.54) is 25.0 Å². The third-order valence-corrected chi connectivity index (χ3v) is 2.56. The van der Waals surface area contributed by atoms with Crippen molar-refractivity contribution in [2.24, 2.45) is 0 Å². The predicted molar refractivity (Wildman–Crippen MR) is 62.4 cm³/mol. The molecule has 1 amide bonds. The molecule has 0 aliphatic carbocycles. The highest BCUT2D eigenvalue weighted by molar-refractivity contribution is 7.99. The first-order chi connectivity index (χ1) is 7.70. The van der Waals surface area contributed by atoms with Crippen LogP contribution in [0, 0.1) is 0 Å². The Bertz CT molecular complexity index is 524. The predicted octanol–water partition coefficient (Wildman–Crippen LogP) is 1.42. The van der Waals surface area contributed by atoms with Gasteiger partial charge in [0.25, 0.3) is 0 Å². The van der Waals surface area contributed by atoms with E-state index in [4.69, 9.17) is 0 Å². The minimum Gasteiger partial charge on any atom is -0.340 e. The molecule has 0 saturated carbocycles. The highest BCUT2D eigenvalue weighted by atomic mass is 32.2. The van der Waals surface area contributed by atoms with Crippen LogP contribution in [-0.4, -0.2) is 31.6 Å². The Labute approximate surface area is 96.3 Å². The second-order valence-electron chi connectivity index (χ2n) is 3.07. The van der Waals surface area contributed by atoms with Gasteiger partial charge in [-0.1, -0.05) is 18.7 Å². The zero-order valence-electron chi connectivity index (χ0n) is 8.94. The van der Waals surface area contributed by atoms with E-state index in [2.05, 4.69) is 25.3 Å². The number of thioether (sulfide) groups is 1. The standard InChI is InChI=1S/C9H11N5OS/c1-3-16-9-13-7-6(10-4-11-7)8(14-9)12-5(2)15/h4H,3H2,1-2H3,(H2,10,11,12,13,14,15). The van der Waals surface area contributed by atoms with Crippen LogP contribution in [0.25, 0.3) is 11.2 Å². The molecule has 2 aromatic heterocycles. The Hall–Kier alpha value is -1.63. The van der Waals surface area contributed by atoms with Gasteiger partial charge in [-0.3, -0.25) is 4.79 Å². The molecule has 0 atom stereocenters. The number of carbonyl (C=O) groups excluding carboxylic acids is 1. The number of anilines is 1. The third-order valence-electron chi connectivity index (χ3n) is 1.83. The zero-order chi connectivity index (χ0) is 11.5. The van der Waals surface area contributed by atoms with Crippen molar-refractivity contribution in [2.45, 2.75) is 19.0 Å². The molecule has 0 fully saturated rings. The van der Waals surface area contributed by atoms with Crippen LogP contribution in [0.15, 0.2) is 11.5 Å². The fraction of sp³-hybridized carbons (Fsp3) is 0.333. The average molecular weight is 237 g/mol. The van der Waals surface area contributed by atoms with Gasteiger partial charge in [-0.25, -0.2) is 15.0 Å². The lowest BCUT2D eigenvalue weighted by Crippen LogP contribution is -2.09. The SMILES string of the molecule is CCSc1nc(NC(C)=O)c2[nH]cnc2n1. The molecule has 0 bridgehead atoms. The van der Waals surface area contributed by atoms with Crippen LogP contribution in [0.3, 0.4) is 0 Å². The van der Waals surface area contributed by atoms with Crippen molar-refractivity contribution < 1.29 is 4.79 Å². The van der Waals surface area contributed by atoms with E-state index in [9.17, 15) is 4.79 Å². The van der Waals surface area contributed by atoms with E-state index in [0.29, 0.717) is 22.1 Å².